The minimum atomic E-state index is -0.365. The SMILES string of the molecule is CC(C)(C)C(=O)NCc1cc(Br)cc2c1OCC2. The Hall–Kier alpha value is -1.03. The normalized spacial score (nSPS) is 14.0. The van der Waals surface area contributed by atoms with Crippen molar-refractivity contribution in [3.63, 3.8) is 0 Å². The molecule has 1 heterocycles. The highest BCUT2D eigenvalue weighted by Crippen LogP contribution is 2.33. The zero-order valence-electron chi connectivity index (χ0n) is 11.0. The Bertz CT molecular complexity index is 477. The first-order chi connectivity index (χ1) is 8.38. The van der Waals surface area contributed by atoms with Crippen LogP contribution in [0.1, 0.15) is 31.9 Å². The fourth-order valence-corrected chi connectivity index (χ4v) is 2.47. The molecule has 2 rings (SSSR count). The van der Waals surface area contributed by atoms with Crippen molar-refractivity contribution in [1.82, 2.24) is 5.32 Å². The van der Waals surface area contributed by atoms with Gasteiger partial charge in [-0.25, -0.2) is 0 Å². The van der Waals surface area contributed by atoms with E-state index in [-0.39, 0.29) is 11.3 Å². The lowest BCUT2D eigenvalue weighted by molar-refractivity contribution is -0.128. The molecular weight excluding hydrogens is 294 g/mol. The van der Waals surface area contributed by atoms with Crippen molar-refractivity contribution >= 4 is 21.8 Å². The number of fused-ring (bicyclic) bond motifs is 1. The van der Waals surface area contributed by atoms with Gasteiger partial charge in [0.2, 0.25) is 5.91 Å². The molecule has 0 spiro atoms. The second-order valence-corrected chi connectivity index (χ2v) is 6.50. The number of ether oxygens (including phenoxy) is 1. The van der Waals surface area contributed by atoms with Crippen molar-refractivity contribution in [3.8, 4) is 5.75 Å². The molecule has 0 bridgehead atoms. The molecule has 1 aromatic rings. The maximum Gasteiger partial charge on any atom is 0.225 e. The third-order valence-corrected chi connectivity index (χ3v) is 3.40. The van der Waals surface area contributed by atoms with Crippen LogP contribution in [0.2, 0.25) is 0 Å². The maximum atomic E-state index is 11.9. The zero-order valence-corrected chi connectivity index (χ0v) is 12.6. The number of amides is 1. The van der Waals surface area contributed by atoms with Gasteiger partial charge in [0.1, 0.15) is 5.75 Å². The van der Waals surface area contributed by atoms with Crippen LogP contribution in [0.15, 0.2) is 16.6 Å². The van der Waals surface area contributed by atoms with Crippen molar-refractivity contribution in [1.29, 1.82) is 0 Å². The number of rotatable bonds is 2. The second-order valence-electron chi connectivity index (χ2n) is 5.58. The number of nitrogens with one attached hydrogen (secondary N) is 1. The van der Waals surface area contributed by atoms with Crippen LogP contribution in [0.3, 0.4) is 0 Å². The van der Waals surface area contributed by atoms with Crippen molar-refractivity contribution < 1.29 is 9.53 Å². The lowest BCUT2D eigenvalue weighted by atomic mass is 9.95. The summed E-state index contributed by atoms with van der Waals surface area (Å²) in [4.78, 5) is 11.9. The topological polar surface area (TPSA) is 38.3 Å². The molecule has 4 heteroatoms. The quantitative estimate of drug-likeness (QED) is 0.911. The summed E-state index contributed by atoms with van der Waals surface area (Å²) in [5.41, 5.74) is 1.88. The van der Waals surface area contributed by atoms with Gasteiger partial charge in [-0.05, 0) is 17.7 Å². The molecular formula is C14H18BrNO2. The van der Waals surface area contributed by atoms with Gasteiger partial charge in [0.15, 0.2) is 0 Å². The van der Waals surface area contributed by atoms with Crippen molar-refractivity contribution in [2.45, 2.75) is 33.7 Å². The molecule has 0 fully saturated rings. The summed E-state index contributed by atoms with van der Waals surface area (Å²) < 4.78 is 6.66. The number of benzene rings is 1. The summed E-state index contributed by atoms with van der Waals surface area (Å²) in [5, 5.41) is 2.96. The van der Waals surface area contributed by atoms with E-state index in [1.54, 1.807) is 0 Å². The first kappa shape index (κ1) is 13.4. The van der Waals surface area contributed by atoms with E-state index in [2.05, 4.69) is 27.3 Å². The van der Waals surface area contributed by atoms with Gasteiger partial charge in [-0.2, -0.15) is 0 Å². The van der Waals surface area contributed by atoms with Crippen LogP contribution in [0.5, 0.6) is 5.75 Å². The molecule has 0 aliphatic carbocycles. The summed E-state index contributed by atoms with van der Waals surface area (Å²) in [5.74, 6) is 0.988. The smallest absolute Gasteiger partial charge is 0.225 e. The van der Waals surface area contributed by atoms with E-state index in [1.165, 1.54) is 5.56 Å². The fraction of sp³-hybridized carbons (Fsp3) is 0.500. The van der Waals surface area contributed by atoms with E-state index in [4.69, 9.17) is 4.74 Å². The van der Waals surface area contributed by atoms with Crippen LogP contribution in [-0.4, -0.2) is 12.5 Å². The molecule has 1 aliphatic rings. The van der Waals surface area contributed by atoms with Gasteiger partial charge in [-0.3, -0.25) is 4.79 Å². The number of carbonyl (C=O) groups is 1. The van der Waals surface area contributed by atoms with E-state index >= 15 is 0 Å². The highest BCUT2D eigenvalue weighted by atomic mass is 79.9. The second kappa shape index (κ2) is 4.92. The first-order valence-corrected chi connectivity index (χ1v) is 6.89. The van der Waals surface area contributed by atoms with Crippen molar-refractivity contribution in [2.75, 3.05) is 6.61 Å². The summed E-state index contributed by atoms with van der Waals surface area (Å²) in [6, 6.07) is 4.09. The Morgan fingerprint density at radius 3 is 2.83 bits per heavy atom. The van der Waals surface area contributed by atoms with E-state index in [1.807, 2.05) is 26.8 Å². The lowest BCUT2D eigenvalue weighted by Gasteiger charge is -2.18. The highest BCUT2D eigenvalue weighted by Gasteiger charge is 2.22. The van der Waals surface area contributed by atoms with Gasteiger partial charge in [-0.15, -0.1) is 0 Å². The number of carbonyl (C=O) groups excluding carboxylic acids is 1. The van der Waals surface area contributed by atoms with E-state index < -0.39 is 0 Å². The van der Waals surface area contributed by atoms with Gasteiger partial charge in [-0.1, -0.05) is 36.7 Å². The van der Waals surface area contributed by atoms with Gasteiger partial charge >= 0.3 is 0 Å². The van der Waals surface area contributed by atoms with E-state index in [0.717, 1.165) is 28.8 Å². The molecule has 3 nitrogen and oxygen atoms in total. The molecule has 0 saturated heterocycles. The van der Waals surface area contributed by atoms with Crippen molar-refractivity contribution in [2.24, 2.45) is 5.41 Å². The molecule has 98 valence electrons. The lowest BCUT2D eigenvalue weighted by Crippen LogP contribution is -2.34. The molecule has 0 aromatic heterocycles. The molecule has 18 heavy (non-hydrogen) atoms. The van der Waals surface area contributed by atoms with E-state index in [0.29, 0.717) is 6.54 Å². The predicted octanol–water partition coefficient (Wildman–Crippen LogP) is 3.05. The van der Waals surface area contributed by atoms with Gasteiger partial charge < -0.3 is 10.1 Å². The van der Waals surface area contributed by atoms with Gasteiger partial charge in [0, 0.05) is 28.4 Å². The monoisotopic (exact) mass is 311 g/mol. The highest BCUT2D eigenvalue weighted by molar-refractivity contribution is 9.10. The molecule has 1 N–H and O–H groups in total. The largest absolute Gasteiger partial charge is 0.493 e. The Kier molecular flexibility index (Phi) is 3.66. The Morgan fingerprint density at radius 2 is 2.17 bits per heavy atom. The van der Waals surface area contributed by atoms with Crippen molar-refractivity contribution in [3.05, 3.63) is 27.7 Å². The molecule has 0 unspecified atom stereocenters. The van der Waals surface area contributed by atoms with Gasteiger partial charge in [0.25, 0.3) is 0 Å². The Balaban J connectivity index is 2.13. The van der Waals surface area contributed by atoms with Gasteiger partial charge in [0.05, 0.1) is 6.61 Å². The predicted molar refractivity (Wildman–Crippen MR) is 74.6 cm³/mol. The summed E-state index contributed by atoms with van der Waals surface area (Å²) >= 11 is 3.49. The minimum absolute atomic E-state index is 0.0502. The van der Waals surface area contributed by atoms with E-state index in [9.17, 15) is 4.79 Å². The first-order valence-electron chi connectivity index (χ1n) is 6.10. The van der Waals surface area contributed by atoms with Crippen LogP contribution in [0.4, 0.5) is 0 Å². The van der Waals surface area contributed by atoms with Crippen LogP contribution in [0, 0.1) is 5.41 Å². The fourth-order valence-electron chi connectivity index (χ4n) is 1.92. The van der Waals surface area contributed by atoms with Crippen LogP contribution in [0.25, 0.3) is 0 Å². The van der Waals surface area contributed by atoms with Crippen LogP contribution >= 0.6 is 15.9 Å². The molecule has 0 atom stereocenters. The summed E-state index contributed by atoms with van der Waals surface area (Å²) in [6.45, 7) is 6.96. The summed E-state index contributed by atoms with van der Waals surface area (Å²) in [7, 11) is 0. The summed E-state index contributed by atoms with van der Waals surface area (Å²) in [6.07, 6.45) is 0.939. The number of hydrogen-bond acceptors (Lipinski definition) is 2. The maximum absolute atomic E-state index is 11.9. The Morgan fingerprint density at radius 1 is 1.44 bits per heavy atom. The minimum Gasteiger partial charge on any atom is -0.493 e. The number of halogens is 1. The van der Waals surface area contributed by atoms with Crippen LogP contribution < -0.4 is 10.1 Å². The van der Waals surface area contributed by atoms with Crippen LogP contribution in [-0.2, 0) is 17.8 Å². The average Bonchev–Trinajstić information content (AvgIpc) is 2.71. The molecule has 1 aromatic carbocycles. The average molecular weight is 312 g/mol. The standard InChI is InChI=1S/C14H18BrNO2/c1-14(2,3)13(17)16-8-10-7-11(15)6-9-4-5-18-12(9)10/h6-7H,4-5,8H2,1-3H3,(H,16,17). The third kappa shape index (κ3) is 2.86. The molecule has 0 radical (unpaired) electrons. The molecule has 1 aliphatic heterocycles. The third-order valence-electron chi connectivity index (χ3n) is 2.95. The number of hydrogen-bond donors (Lipinski definition) is 1. The molecule has 1 amide bonds. The zero-order chi connectivity index (χ0) is 13.3. The molecule has 0 saturated carbocycles. The Labute approximate surface area is 116 Å².